The number of carboxylic acid groups (broad SMARTS) is 1. The van der Waals surface area contributed by atoms with Gasteiger partial charge in [0.25, 0.3) is 36.0 Å². The Labute approximate surface area is 266 Å². The number of nitro benzene ring substituents is 1. The fraction of sp³-hybridized carbons (Fsp3) is 0. The number of benzene rings is 4. The second-order valence-corrected chi connectivity index (χ2v) is 13.4. The largest absolute Gasteiger partial charge is 0.505 e. The van der Waals surface area contributed by atoms with Crippen LogP contribution in [0.15, 0.2) is 77.6 Å². The van der Waals surface area contributed by atoms with Crippen LogP contribution >= 0.6 is 0 Å². The number of aromatic hydroxyl groups is 3. The standard InChI is InChI=1S/C23H16N6O16S3/c24-13-2-1-10-11(18(13)27-26-15-6-9(46(37,38)39)5-12(20(15)30)23(33)34)7-16(47(40,41)42)19(21(10)31)28-25-14-3-8(29(35)36)4-17(22(14)32)48(43,44)45/h1-7,30-32H,24H2,(H,33,34)(H,37,38,39)(H,40,41,42)(H,43,44,45). The van der Waals surface area contributed by atoms with Crippen LogP contribution in [0.4, 0.5) is 34.1 Å². The molecule has 48 heavy (non-hydrogen) atoms. The molecule has 0 unspecified atom stereocenters. The van der Waals surface area contributed by atoms with E-state index in [1.807, 2.05) is 0 Å². The van der Waals surface area contributed by atoms with Gasteiger partial charge in [-0.05, 0) is 30.3 Å². The Bertz CT molecular complexity index is 2480. The maximum atomic E-state index is 12.3. The number of hydrogen-bond acceptors (Lipinski definition) is 17. The molecule has 0 saturated heterocycles. The Morgan fingerprint density at radius 3 is 1.77 bits per heavy atom. The number of anilines is 1. The van der Waals surface area contributed by atoms with Crippen LogP contribution in [0.2, 0.25) is 0 Å². The minimum atomic E-state index is -5.39. The molecule has 0 aliphatic rings. The molecule has 0 aliphatic heterocycles. The van der Waals surface area contributed by atoms with E-state index in [0.29, 0.717) is 24.3 Å². The van der Waals surface area contributed by atoms with Crippen molar-refractivity contribution in [2.75, 3.05) is 5.73 Å². The maximum absolute atomic E-state index is 12.3. The van der Waals surface area contributed by atoms with Crippen LogP contribution in [0.5, 0.6) is 17.2 Å². The third-order valence-electron chi connectivity index (χ3n) is 6.15. The van der Waals surface area contributed by atoms with Gasteiger partial charge < -0.3 is 26.2 Å². The molecule has 0 atom stereocenters. The highest BCUT2D eigenvalue weighted by atomic mass is 32.2. The summed E-state index contributed by atoms with van der Waals surface area (Å²) in [6, 6.07) is 4.43. The van der Waals surface area contributed by atoms with Gasteiger partial charge in [-0.3, -0.25) is 23.8 Å². The van der Waals surface area contributed by atoms with Gasteiger partial charge in [0.1, 0.15) is 38.1 Å². The van der Waals surface area contributed by atoms with Gasteiger partial charge in [0, 0.05) is 22.9 Å². The van der Waals surface area contributed by atoms with Crippen molar-refractivity contribution in [3.63, 3.8) is 0 Å². The summed E-state index contributed by atoms with van der Waals surface area (Å²) in [4.78, 5) is 18.0. The Balaban J connectivity index is 1.99. The smallest absolute Gasteiger partial charge is 0.339 e. The number of phenols is 3. The van der Waals surface area contributed by atoms with Gasteiger partial charge in [-0.15, -0.1) is 20.5 Å². The van der Waals surface area contributed by atoms with Gasteiger partial charge in [0.2, 0.25) is 0 Å². The summed E-state index contributed by atoms with van der Waals surface area (Å²) in [5.74, 6) is -5.44. The number of carboxylic acids is 1. The Hall–Kier alpha value is -5.86. The third-order valence-corrected chi connectivity index (χ3v) is 8.72. The number of carbonyl (C=O) groups is 1. The van der Waals surface area contributed by atoms with Gasteiger partial charge in [-0.1, -0.05) is 0 Å². The van der Waals surface area contributed by atoms with Gasteiger partial charge in [-0.25, -0.2) is 4.79 Å². The molecule has 0 aliphatic carbocycles. The minimum absolute atomic E-state index is 0.280. The van der Waals surface area contributed by atoms with Crippen LogP contribution in [0.1, 0.15) is 10.4 Å². The Morgan fingerprint density at radius 2 is 1.25 bits per heavy atom. The monoisotopic (exact) mass is 728 g/mol. The third kappa shape index (κ3) is 6.79. The van der Waals surface area contributed by atoms with Crippen molar-refractivity contribution in [2.45, 2.75) is 14.7 Å². The lowest BCUT2D eigenvalue weighted by Gasteiger charge is -2.12. The Kier molecular flexibility index (Phi) is 8.79. The molecule has 0 fully saturated rings. The normalized spacial score (nSPS) is 12.6. The van der Waals surface area contributed by atoms with Crippen molar-refractivity contribution in [1.29, 1.82) is 0 Å². The quantitative estimate of drug-likeness (QED) is 0.0400. The first-order valence-electron chi connectivity index (χ1n) is 12.0. The van der Waals surface area contributed by atoms with Crippen molar-refractivity contribution in [2.24, 2.45) is 20.5 Å². The van der Waals surface area contributed by atoms with Crippen LogP contribution in [0.3, 0.4) is 0 Å². The molecule has 4 rings (SSSR count). The number of hydrogen-bond donors (Lipinski definition) is 8. The van der Waals surface area contributed by atoms with Crippen molar-refractivity contribution < 1.29 is 69.1 Å². The van der Waals surface area contributed by atoms with Gasteiger partial charge >= 0.3 is 5.97 Å². The van der Waals surface area contributed by atoms with E-state index in [-0.39, 0.29) is 17.1 Å². The molecule has 0 amide bonds. The van der Waals surface area contributed by atoms with Crippen LogP contribution in [-0.4, -0.2) is 70.2 Å². The SMILES string of the molecule is Nc1ccc2c(O)c(N=Nc3cc([N+](=O)[O-])cc(S(=O)(=O)O)c3O)c(S(=O)(=O)O)cc2c1N=Nc1cc(S(=O)(=O)O)cc(C(=O)O)c1O. The molecule has 9 N–H and O–H groups in total. The first-order valence-corrected chi connectivity index (χ1v) is 16.3. The van der Waals surface area contributed by atoms with Crippen molar-refractivity contribution >= 4 is 81.2 Å². The van der Waals surface area contributed by atoms with Crippen molar-refractivity contribution in [3.8, 4) is 17.2 Å². The summed E-state index contributed by atoms with van der Waals surface area (Å²) in [5.41, 5.74) is 0.0689. The number of nitrogen functional groups attached to an aromatic ring is 1. The van der Waals surface area contributed by atoms with E-state index >= 15 is 0 Å². The van der Waals surface area contributed by atoms with E-state index in [0.717, 1.165) is 12.1 Å². The number of fused-ring (bicyclic) bond motifs is 1. The number of azo groups is 2. The lowest BCUT2D eigenvalue weighted by molar-refractivity contribution is -0.385. The van der Waals surface area contributed by atoms with Crippen LogP contribution in [-0.2, 0) is 30.4 Å². The topological polar surface area (TPSA) is 380 Å². The van der Waals surface area contributed by atoms with Crippen LogP contribution in [0.25, 0.3) is 10.8 Å². The molecule has 0 radical (unpaired) electrons. The first-order chi connectivity index (χ1) is 22.0. The van der Waals surface area contributed by atoms with Crippen LogP contribution in [0, 0.1) is 10.1 Å². The number of nitrogens with two attached hydrogens (primary N) is 1. The molecular formula is C23H16N6O16S3. The molecule has 252 valence electrons. The molecular weight excluding hydrogens is 712 g/mol. The molecule has 0 heterocycles. The predicted octanol–water partition coefficient (Wildman–Crippen LogP) is 3.72. The summed E-state index contributed by atoms with van der Waals surface area (Å²) < 4.78 is 99.8. The average molecular weight is 729 g/mol. The number of rotatable bonds is 9. The second kappa shape index (κ2) is 12.1. The van der Waals surface area contributed by atoms with Gasteiger partial charge in [0.15, 0.2) is 17.2 Å². The van der Waals surface area contributed by atoms with E-state index < -0.39 is 113 Å². The van der Waals surface area contributed by atoms with Crippen LogP contribution < -0.4 is 5.73 Å². The number of nitro groups is 1. The van der Waals surface area contributed by atoms with E-state index in [4.69, 9.17) is 5.73 Å². The second-order valence-electron chi connectivity index (χ2n) is 9.21. The highest BCUT2D eigenvalue weighted by Gasteiger charge is 2.27. The molecule has 0 saturated carbocycles. The zero-order chi connectivity index (χ0) is 36.1. The number of non-ortho nitro benzene ring substituents is 1. The van der Waals surface area contributed by atoms with E-state index in [1.165, 1.54) is 0 Å². The van der Waals surface area contributed by atoms with Gasteiger partial charge in [0.05, 0.1) is 15.5 Å². The van der Waals surface area contributed by atoms with Crippen molar-refractivity contribution in [1.82, 2.24) is 0 Å². The lowest BCUT2D eigenvalue weighted by atomic mass is 10.1. The minimum Gasteiger partial charge on any atom is -0.505 e. The highest BCUT2D eigenvalue weighted by molar-refractivity contribution is 7.86. The summed E-state index contributed by atoms with van der Waals surface area (Å²) in [6.45, 7) is 0. The summed E-state index contributed by atoms with van der Waals surface area (Å²) >= 11 is 0. The maximum Gasteiger partial charge on any atom is 0.339 e. The molecule has 22 nitrogen and oxygen atoms in total. The average Bonchev–Trinajstić information content (AvgIpc) is 2.95. The lowest BCUT2D eigenvalue weighted by Crippen LogP contribution is -2.03. The molecule has 0 bridgehead atoms. The number of nitrogens with zero attached hydrogens (tertiary/aromatic N) is 5. The Morgan fingerprint density at radius 1 is 0.688 bits per heavy atom. The molecule has 0 aromatic heterocycles. The molecule has 0 spiro atoms. The fourth-order valence-corrected chi connectivity index (χ4v) is 5.77. The summed E-state index contributed by atoms with van der Waals surface area (Å²) in [5, 5.41) is 65.3. The fourth-order valence-electron chi connectivity index (χ4n) is 3.97. The molecule has 4 aromatic carbocycles. The summed E-state index contributed by atoms with van der Waals surface area (Å²) in [7, 11) is -15.7. The van der Waals surface area contributed by atoms with Gasteiger partial charge in [-0.2, -0.15) is 25.3 Å². The summed E-state index contributed by atoms with van der Waals surface area (Å²) in [6.07, 6.45) is 0. The van der Waals surface area contributed by atoms with Crippen molar-refractivity contribution in [3.05, 3.63) is 58.1 Å². The highest BCUT2D eigenvalue weighted by Crippen LogP contribution is 2.47. The van der Waals surface area contributed by atoms with E-state index in [1.54, 1.807) is 0 Å². The number of phenolic OH excluding ortho intramolecular Hbond substituents is 2. The molecule has 25 heteroatoms. The zero-order valence-corrected chi connectivity index (χ0v) is 25.3. The van der Waals surface area contributed by atoms with E-state index in [9.17, 15) is 74.2 Å². The number of aromatic carboxylic acids is 1. The van der Waals surface area contributed by atoms with E-state index in [2.05, 4.69) is 20.5 Å². The first kappa shape index (κ1) is 35.0. The predicted molar refractivity (Wildman–Crippen MR) is 158 cm³/mol. The molecule has 4 aromatic rings. The zero-order valence-electron chi connectivity index (χ0n) is 22.9.